The molecule has 0 atom stereocenters. The predicted molar refractivity (Wildman–Crippen MR) is 305 cm³/mol. The first-order chi connectivity index (χ1) is 40.6. The van der Waals surface area contributed by atoms with E-state index in [9.17, 15) is 67.1 Å². The molecule has 6 N–H and O–H groups in total. The molecule has 87 heavy (non-hydrogen) atoms. The van der Waals surface area contributed by atoms with Crippen LogP contribution in [-0.4, -0.2) is 61.4 Å². The first kappa shape index (κ1) is 64.3. The van der Waals surface area contributed by atoms with Gasteiger partial charge in [0.2, 0.25) is 17.7 Å². The zero-order valence-corrected chi connectivity index (χ0v) is 47.5. The molecule has 13 nitrogen and oxygen atoms in total. The van der Waals surface area contributed by atoms with Crippen LogP contribution in [0, 0.1) is 0 Å². The number of anilines is 4. The summed E-state index contributed by atoms with van der Waals surface area (Å²) in [5.74, 6) is 2.33. The lowest BCUT2D eigenvalue weighted by Crippen LogP contribution is -2.29. The topological polar surface area (TPSA) is 191 Å². The molecule has 0 fully saturated rings. The fourth-order valence-corrected chi connectivity index (χ4v) is 9.38. The summed E-state index contributed by atoms with van der Waals surface area (Å²) >= 11 is 3.28. The highest BCUT2D eigenvalue weighted by Crippen LogP contribution is 2.41. The number of nitrogens with zero attached hydrogens (tertiary/aromatic N) is 4. The molecular formula is C60H48BBrF12N8O5. The van der Waals surface area contributed by atoms with Gasteiger partial charge in [0.1, 0.15) is 23.3 Å². The molecule has 3 amide bonds. The summed E-state index contributed by atoms with van der Waals surface area (Å²) < 4.78 is 150. The van der Waals surface area contributed by atoms with Gasteiger partial charge >= 0.3 is 31.8 Å². The van der Waals surface area contributed by atoms with Gasteiger partial charge in [0, 0.05) is 80.2 Å². The van der Waals surface area contributed by atoms with Crippen LogP contribution in [-0.2, 0) is 62.8 Å². The molecule has 0 saturated heterocycles. The maximum atomic E-state index is 12.6. The van der Waals surface area contributed by atoms with Gasteiger partial charge in [-0.05, 0) is 113 Å². The molecule has 4 aromatic carbocycles. The average molecular weight is 1280 g/mol. The molecule has 4 aromatic heterocycles. The molecule has 27 heteroatoms. The highest BCUT2D eigenvalue weighted by atomic mass is 79.9. The van der Waals surface area contributed by atoms with Crippen LogP contribution in [0.25, 0.3) is 33.4 Å². The zero-order chi connectivity index (χ0) is 63.6. The summed E-state index contributed by atoms with van der Waals surface area (Å²) in [6.07, 6.45) is -10.3. The summed E-state index contributed by atoms with van der Waals surface area (Å²) in [7, 11) is -1.73. The lowest BCUT2D eigenvalue weighted by molar-refractivity contribution is -0.138. The molecule has 8 aromatic rings. The van der Waals surface area contributed by atoms with Gasteiger partial charge < -0.3 is 31.3 Å². The van der Waals surface area contributed by atoms with E-state index < -0.39 is 59.5 Å². The van der Waals surface area contributed by atoms with Crippen molar-refractivity contribution in [2.24, 2.45) is 0 Å². The molecule has 4 aliphatic rings. The fraction of sp³-hybridized carbons (Fsp3) is 0.217. The van der Waals surface area contributed by atoms with Crippen LogP contribution in [0.3, 0.4) is 0 Å². The second-order valence-electron chi connectivity index (χ2n) is 21.1. The summed E-state index contributed by atoms with van der Waals surface area (Å²) in [6, 6.07) is 26.0. The molecule has 0 unspecified atom stereocenters. The van der Waals surface area contributed by atoms with Crippen molar-refractivity contribution in [3.63, 3.8) is 0 Å². The van der Waals surface area contributed by atoms with Crippen molar-refractivity contribution in [1.29, 1.82) is 0 Å². The summed E-state index contributed by atoms with van der Waals surface area (Å²) in [5.41, 5.74) is 4.24. The molecule has 0 radical (unpaired) electrons. The number of benzene rings is 4. The van der Waals surface area contributed by atoms with Crippen LogP contribution in [0.1, 0.15) is 72.2 Å². The summed E-state index contributed by atoms with van der Waals surface area (Å²) in [4.78, 5) is 50.7. The van der Waals surface area contributed by atoms with E-state index in [2.05, 4.69) is 71.0 Å². The van der Waals surface area contributed by atoms with Gasteiger partial charge in [0.05, 0.1) is 40.5 Å². The third kappa shape index (κ3) is 15.7. The van der Waals surface area contributed by atoms with Crippen molar-refractivity contribution in [2.45, 2.75) is 76.1 Å². The minimum Gasteiger partial charge on any atom is -0.423 e. The van der Waals surface area contributed by atoms with E-state index >= 15 is 0 Å². The van der Waals surface area contributed by atoms with E-state index in [-0.39, 0.29) is 35.0 Å². The van der Waals surface area contributed by atoms with E-state index in [1.165, 1.54) is 42.6 Å². The maximum absolute atomic E-state index is 12.6. The number of carbonyl (C=O) groups is 3. The molecule has 4 aliphatic heterocycles. The number of nitrogens with one attached hydrogen (secondary N) is 4. The Hall–Kier alpha value is -8.69. The molecule has 0 aliphatic carbocycles. The molecule has 0 saturated carbocycles. The Morgan fingerprint density at radius 1 is 0.448 bits per heavy atom. The standard InChI is InChI=1S/C16H13F3N2O.C16H15F3N2.C14H9F3N2O.C7H6BF3O2.C7H5BrN2O/c1-15(2)12-7-10(8-20-13(12)21-14(15)22)9-3-5-11(6-4-9)16(17,18)19;1-15(2)9-21-14-13(15)7-11(8-20-14)10-3-5-12(6-4-10)16(17,18)19;15-14(16,17)11-3-1-8(2-4-11)10-5-9-6-12(20)19-13(9)18-7-10;9-7(10,11)5-1-3-6(4-2-5)8(12)13;8-5-1-4-2-6(11)10-7(4)9-3-5/h3-8H,1-2H3,(H,20,21,22);3-8H,9H2,1-2H3,(H,20,21);1-5,7H,6H2,(H,18,19,20);1-4,12-13H;1,3H,2H2,(H,9,10,11). The molecule has 0 spiro atoms. The molecule has 8 heterocycles. The number of amides is 3. The van der Waals surface area contributed by atoms with Crippen molar-refractivity contribution in [3.05, 3.63) is 195 Å². The number of hydrogen-bond donors (Lipinski definition) is 6. The van der Waals surface area contributed by atoms with Gasteiger partial charge in [-0.1, -0.05) is 74.5 Å². The number of halogens is 13. The number of pyridine rings is 4. The summed E-state index contributed by atoms with van der Waals surface area (Å²) in [5, 5.41) is 28.4. The van der Waals surface area contributed by atoms with Crippen molar-refractivity contribution >= 4 is 69.5 Å². The van der Waals surface area contributed by atoms with Gasteiger partial charge in [-0.15, -0.1) is 0 Å². The first-order valence-corrected chi connectivity index (χ1v) is 26.7. The number of hydrogen-bond acceptors (Lipinski definition) is 10. The number of alkyl halides is 12. The second-order valence-corrected chi connectivity index (χ2v) is 22.0. The monoisotopic (exact) mass is 1280 g/mol. The van der Waals surface area contributed by atoms with Gasteiger partial charge in [-0.3, -0.25) is 14.4 Å². The second kappa shape index (κ2) is 25.0. The Bertz CT molecular complexity index is 3850. The molecular weight excluding hydrogens is 1230 g/mol. The van der Waals surface area contributed by atoms with Crippen molar-refractivity contribution in [2.75, 3.05) is 27.8 Å². The van der Waals surface area contributed by atoms with Crippen LogP contribution in [0.15, 0.2) is 151 Å². The molecule has 452 valence electrons. The van der Waals surface area contributed by atoms with Gasteiger partial charge in [0.25, 0.3) is 0 Å². The molecule has 12 rings (SSSR count). The van der Waals surface area contributed by atoms with Gasteiger partial charge in [-0.25, -0.2) is 19.9 Å². The quantitative estimate of drug-likeness (QED) is 0.0730. The van der Waals surface area contributed by atoms with E-state index in [4.69, 9.17) is 10.0 Å². The van der Waals surface area contributed by atoms with Crippen LogP contribution in [0.4, 0.5) is 76.0 Å². The Labute approximate surface area is 497 Å². The predicted octanol–water partition coefficient (Wildman–Crippen LogP) is 13.5. The Morgan fingerprint density at radius 2 is 0.805 bits per heavy atom. The maximum Gasteiger partial charge on any atom is 0.488 e. The SMILES string of the molecule is CC1(C)C(=O)Nc2ncc(-c3ccc(C(F)(F)F)cc3)cc21.CC1(C)CNc2ncc(-c3ccc(C(F)(F)F)cc3)cc21.O=C1Cc2cc(-c3ccc(C(F)(F)F)cc3)cnc2N1.O=C1Cc2cc(Br)cnc2N1.OB(O)c1ccc(C(F)(F)F)cc1. The number of fused-ring (bicyclic) bond motifs is 4. The normalized spacial score (nSPS) is 14.9. The van der Waals surface area contributed by atoms with Gasteiger partial charge in [0.15, 0.2) is 0 Å². The van der Waals surface area contributed by atoms with Crippen LogP contribution in [0.2, 0.25) is 0 Å². The summed E-state index contributed by atoms with van der Waals surface area (Å²) in [6.45, 7) is 8.61. The van der Waals surface area contributed by atoms with Crippen molar-refractivity contribution in [1.82, 2.24) is 19.9 Å². The third-order valence-electron chi connectivity index (χ3n) is 14.0. The zero-order valence-electron chi connectivity index (χ0n) is 45.9. The largest absolute Gasteiger partial charge is 0.488 e. The highest BCUT2D eigenvalue weighted by molar-refractivity contribution is 9.10. The number of aromatic nitrogens is 4. The first-order valence-electron chi connectivity index (χ1n) is 25.9. The van der Waals surface area contributed by atoms with E-state index in [0.29, 0.717) is 46.1 Å². The number of rotatable bonds is 4. The smallest absolute Gasteiger partial charge is 0.423 e. The van der Waals surface area contributed by atoms with Crippen LogP contribution >= 0.6 is 15.9 Å². The Kier molecular flexibility index (Phi) is 18.5. The minimum absolute atomic E-state index is 0.0191. The van der Waals surface area contributed by atoms with Crippen LogP contribution < -0.4 is 26.7 Å². The highest BCUT2D eigenvalue weighted by Gasteiger charge is 2.40. The van der Waals surface area contributed by atoms with E-state index in [1.807, 2.05) is 12.1 Å². The average Bonchev–Trinajstić information content (AvgIpc) is 2.42. The minimum atomic E-state index is -4.39. The Balaban J connectivity index is 0.000000144. The van der Waals surface area contributed by atoms with Crippen molar-refractivity contribution in [3.8, 4) is 33.4 Å². The number of carbonyl (C=O) groups excluding carboxylic acids is 3. The third-order valence-corrected chi connectivity index (χ3v) is 14.4. The van der Waals surface area contributed by atoms with E-state index in [0.717, 1.165) is 111 Å². The van der Waals surface area contributed by atoms with Crippen molar-refractivity contribution < 1.29 is 77.1 Å². The lowest BCUT2D eigenvalue weighted by Gasteiger charge is -2.17. The lowest BCUT2D eigenvalue weighted by atomic mass is 9.80. The molecule has 0 bridgehead atoms. The Morgan fingerprint density at radius 3 is 1.22 bits per heavy atom. The van der Waals surface area contributed by atoms with Gasteiger partial charge in [-0.2, -0.15) is 52.7 Å². The van der Waals surface area contributed by atoms with E-state index in [1.54, 1.807) is 44.6 Å². The fourth-order valence-electron chi connectivity index (χ4n) is 9.01. The van der Waals surface area contributed by atoms with Crippen LogP contribution in [0.5, 0.6) is 0 Å².